The lowest BCUT2D eigenvalue weighted by Crippen LogP contribution is -2.29. The molecule has 0 spiro atoms. The molecule has 1 saturated heterocycles. The first-order valence-electron chi connectivity index (χ1n) is 12.3. The van der Waals surface area contributed by atoms with Crippen molar-refractivity contribution in [3.63, 3.8) is 0 Å². The number of benzene rings is 1. The summed E-state index contributed by atoms with van der Waals surface area (Å²) in [4.78, 5) is 50.0. The third kappa shape index (κ3) is 4.34. The van der Waals surface area contributed by atoms with E-state index < -0.39 is 29.5 Å². The highest BCUT2D eigenvalue weighted by Crippen LogP contribution is 2.48. The van der Waals surface area contributed by atoms with Crippen LogP contribution in [0.2, 0.25) is 0 Å². The molecule has 5 rings (SSSR count). The molecule has 41 heavy (non-hydrogen) atoms. The summed E-state index contributed by atoms with van der Waals surface area (Å²) < 4.78 is 23.0. The van der Waals surface area contributed by atoms with Gasteiger partial charge in [0.1, 0.15) is 16.2 Å². The Hall–Kier alpha value is -4.91. The maximum Gasteiger partial charge on any atom is 0.350 e. The number of nitrogens with zero attached hydrogens (tertiary/aromatic N) is 4. The van der Waals surface area contributed by atoms with Gasteiger partial charge in [-0.1, -0.05) is 17.4 Å². The van der Waals surface area contributed by atoms with Gasteiger partial charge in [-0.2, -0.15) is 0 Å². The number of carbonyl (C=O) groups is 3. The van der Waals surface area contributed by atoms with E-state index in [4.69, 9.17) is 18.9 Å². The van der Waals surface area contributed by atoms with Crippen LogP contribution in [0.4, 0.5) is 5.13 Å². The van der Waals surface area contributed by atoms with Crippen LogP contribution in [0, 0.1) is 13.8 Å². The van der Waals surface area contributed by atoms with Gasteiger partial charge in [0.2, 0.25) is 5.75 Å². The zero-order valence-corrected chi connectivity index (χ0v) is 23.9. The lowest BCUT2D eigenvalue weighted by atomic mass is 9.95. The van der Waals surface area contributed by atoms with Crippen LogP contribution in [-0.4, -0.2) is 65.6 Å². The van der Waals surface area contributed by atoms with E-state index in [1.54, 1.807) is 54.8 Å². The number of Topliss-reactive ketones (excluding diaryl/α,β-unsaturated/α-hetero) is 1. The second-order valence-corrected chi connectivity index (χ2v) is 9.98. The predicted octanol–water partition coefficient (Wildman–Crippen LogP) is 3.85. The van der Waals surface area contributed by atoms with Crippen LogP contribution >= 0.6 is 11.3 Å². The predicted molar refractivity (Wildman–Crippen MR) is 149 cm³/mol. The van der Waals surface area contributed by atoms with Gasteiger partial charge in [0.15, 0.2) is 22.4 Å². The molecule has 0 bridgehead atoms. The van der Waals surface area contributed by atoms with Gasteiger partial charge in [-0.05, 0) is 43.7 Å². The summed E-state index contributed by atoms with van der Waals surface area (Å²) in [6, 6.07) is 7.29. The zero-order valence-electron chi connectivity index (χ0n) is 23.0. The Kier molecular flexibility index (Phi) is 7.13. The molecule has 1 aliphatic rings. The van der Waals surface area contributed by atoms with Crippen LogP contribution in [0.3, 0.4) is 0 Å². The number of hydrogen-bond acceptors (Lipinski definition) is 11. The number of ketones is 1. The van der Waals surface area contributed by atoms with Crippen molar-refractivity contribution < 1.29 is 38.4 Å². The molecule has 0 aliphatic carbocycles. The highest BCUT2D eigenvalue weighted by molar-refractivity contribution is 7.17. The Morgan fingerprint density at radius 3 is 2.27 bits per heavy atom. The molecule has 12 nitrogen and oxygen atoms in total. The normalized spacial score (nSPS) is 16.3. The summed E-state index contributed by atoms with van der Waals surface area (Å²) in [5, 5.41) is 11.8. The average Bonchev–Trinajstić information content (AvgIpc) is 3.61. The molecule has 1 aliphatic heterocycles. The third-order valence-electron chi connectivity index (χ3n) is 6.74. The largest absolute Gasteiger partial charge is 0.505 e. The number of carbonyl (C=O) groups excluding carboxylic acids is 3. The van der Waals surface area contributed by atoms with Crippen molar-refractivity contribution in [2.24, 2.45) is 0 Å². The maximum absolute atomic E-state index is 13.7. The van der Waals surface area contributed by atoms with Crippen molar-refractivity contribution in [3.05, 3.63) is 69.6 Å². The summed E-state index contributed by atoms with van der Waals surface area (Å²) in [5.41, 5.74) is 1.72. The molecule has 1 aromatic carbocycles. The van der Waals surface area contributed by atoms with Gasteiger partial charge in [0.05, 0.1) is 51.4 Å². The van der Waals surface area contributed by atoms with E-state index in [-0.39, 0.29) is 32.8 Å². The lowest BCUT2D eigenvalue weighted by molar-refractivity contribution is -0.132. The van der Waals surface area contributed by atoms with E-state index in [1.807, 2.05) is 0 Å². The van der Waals surface area contributed by atoms with Gasteiger partial charge in [-0.3, -0.25) is 18.9 Å². The number of anilines is 1. The smallest absolute Gasteiger partial charge is 0.350 e. The quantitative estimate of drug-likeness (QED) is 0.149. The van der Waals surface area contributed by atoms with Crippen LogP contribution in [-0.2, 0) is 14.3 Å². The number of esters is 1. The number of aliphatic hydroxyl groups is 1. The fourth-order valence-electron chi connectivity index (χ4n) is 4.90. The average molecular weight is 579 g/mol. The number of fused-ring (bicyclic) bond motifs is 1. The first-order chi connectivity index (χ1) is 19.7. The summed E-state index contributed by atoms with van der Waals surface area (Å²) in [6.07, 6.45) is 1.70. The van der Waals surface area contributed by atoms with E-state index in [0.29, 0.717) is 28.3 Å². The van der Waals surface area contributed by atoms with Crippen molar-refractivity contribution in [2.75, 3.05) is 33.3 Å². The lowest BCUT2D eigenvalue weighted by Gasteiger charge is -2.24. The van der Waals surface area contributed by atoms with Gasteiger partial charge in [0, 0.05) is 6.20 Å². The minimum absolute atomic E-state index is 0.0673. The number of ether oxygens (including phenoxy) is 4. The molecule has 4 heterocycles. The number of aliphatic hydroxyl groups excluding tert-OH is 1. The molecule has 4 aromatic rings. The van der Waals surface area contributed by atoms with Gasteiger partial charge in [-0.15, -0.1) is 0 Å². The van der Waals surface area contributed by atoms with Crippen LogP contribution < -0.4 is 19.1 Å². The molecule has 0 radical (unpaired) electrons. The van der Waals surface area contributed by atoms with Gasteiger partial charge < -0.3 is 24.1 Å². The van der Waals surface area contributed by atoms with Crippen LogP contribution in [0.5, 0.6) is 17.2 Å². The molecule has 0 saturated carbocycles. The second-order valence-electron chi connectivity index (χ2n) is 9.00. The summed E-state index contributed by atoms with van der Waals surface area (Å²) in [5.74, 6) is -2.11. The minimum atomic E-state index is -1.19. The Morgan fingerprint density at radius 1 is 0.976 bits per heavy atom. The molecule has 1 fully saturated rings. The highest BCUT2D eigenvalue weighted by Gasteiger charge is 2.49. The molecular formula is C28H26N4O8S. The number of imidazole rings is 1. The van der Waals surface area contributed by atoms with Crippen molar-refractivity contribution in [3.8, 4) is 17.2 Å². The molecule has 3 aromatic heterocycles. The number of pyridine rings is 1. The molecule has 1 atom stereocenters. The van der Waals surface area contributed by atoms with E-state index in [0.717, 1.165) is 16.2 Å². The number of rotatable bonds is 7. The second kappa shape index (κ2) is 10.6. The van der Waals surface area contributed by atoms with Gasteiger partial charge in [-0.25, -0.2) is 14.8 Å². The SMILES string of the molecule is COC(=O)c1sc(N2C(=O)C(=O)C(=C(O)c3c(C)nc4ccccn34)C2c2cc(OC)c(OC)c(OC)c2)nc1C. The molecular weight excluding hydrogens is 552 g/mol. The van der Waals surface area contributed by atoms with Crippen LogP contribution in [0.15, 0.2) is 42.1 Å². The van der Waals surface area contributed by atoms with E-state index in [2.05, 4.69) is 9.97 Å². The van der Waals surface area contributed by atoms with Crippen LogP contribution in [0.1, 0.15) is 38.4 Å². The minimum Gasteiger partial charge on any atom is -0.505 e. The number of amides is 1. The number of thiazole rings is 1. The molecule has 1 N–H and O–H groups in total. The van der Waals surface area contributed by atoms with Crippen LogP contribution in [0.25, 0.3) is 11.4 Å². The number of aryl methyl sites for hydroxylation is 2. The van der Waals surface area contributed by atoms with Gasteiger partial charge in [0.25, 0.3) is 5.78 Å². The number of hydrogen-bond donors (Lipinski definition) is 1. The van der Waals surface area contributed by atoms with Crippen molar-refractivity contribution in [1.29, 1.82) is 0 Å². The third-order valence-corrected chi connectivity index (χ3v) is 7.87. The summed E-state index contributed by atoms with van der Waals surface area (Å²) in [7, 11) is 5.56. The topological polar surface area (TPSA) is 142 Å². The van der Waals surface area contributed by atoms with E-state index >= 15 is 0 Å². The Balaban J connectivity index is 1.82. The summed E-state index contributed by atoms with van der Waals surface area (Å²) >= 11 is 0.896. The molecule has 1 amide bonds. The van der Waals surface area contributed by atoms with Crippen molar-refractivity contribution >= 4 is 45.5 Å². The van der Waals surface area contributed by atoms with E-state index in [1.165, 1.54) is 28.4 Å². The standard InChI is InChI=1S/C28H26N4O8S/c1-13-20(31-10-8-7-9-18(31)29-13)22(33)19-21(15-11-16(37-3)24(39-5)17(12-15)38-4)32(26(35)23(19)34)28-30-14(2)25(41-28)27(36)40-6/h7-12,21,33H,1-6H3. The zero-order chi connectivity index (χ0) is 29.6. The highest BCUT2D eigenvalue weighted by atomic mass is 32.1. The summed E-state index contributed by atoms with van der Waals surface area (Å²) in [6.45, 7) is 3.29. The van der Waals surface area contributed by atoms with Crippen molar-refractivity contribution in [1.82, 2.24) is 14.4 Å². The first-order valence-corrected chi connectivity index (χ1v) is 13.1. The van der Waals surface area contributed by atoms with Gasteiger partial charge >= 0.3 is 11.9 Å². The molecule has 212 valence electrons. The Labute approximate surface area is 238 Å². The number of methoxy groups -OCH3 is 4. The molecule has 1 unspecified atom stereocenters. The van der Waals surface area contributed by atoms with E-state index in [9.17, 15) is 19.5 Å². The maximum atomic E-state index is 13.7. The van der Waals surface area contributed by atoms with Crippen molar-refractivity contribution in [2.45, 2.75) is 19.9 Å². The monoisotopic (exact) mass is 578 g/mol. The fourth-order valence-corrected chi connectivity index (χ4v) is 5.91. The number of aromatic nitrogens is 3. The Morgan fingerprint density at radius 2 is 1.66 bits per heavy atom. The first kappa shape index (κ1) is 27.6. The fraction of sp³-hybridized carbons (Fsp3) is 0.250. The Bertz CT molecular complexity index is 1730. The molecule has 13 heteroatoms.